The molecule has 5 rings (SSSR count). The number of allylic oxidation sites excluding steroid dienone is 1. The van der Waals surface area contributed by atoms with Crippen LogP contribution in [0.1, 0.15) is 96.7 Å². The lowest BCUT2D eigenvalue weighted by atomic mass is 10.1. The molecule has 1 saturated heterocycles. The van der Waals surface area contributed by atoms with Crippen LogP contribution in [0.15, 0.2) is 41.0 Å². The van der Waals surface area contributed by atoms with Crippen LogP contribution in [0.3, 0.4) is 0 Å². The van der Waals surface area contributed by atoms with Gasteiger partial charge in [-0.15, -0.1) is 17.9 Å². The minimum absolute atomic E-state index is 0.00389. The number of pyridine rings is 1. The van der Waals surface area contributed by atoms with E-state index < -0.39 is 17.1 Å². The maximum atomic E-state index is 12.5. The molecule has 2 unspecified atom stereocenters. The van der Waals surface area contributed by atoms with Crippen LogP contribution in [0.2, 0.25) is 0 Å². The lowest BCUT2D eigenvalue weighted by molar-refractivity contribution is -0.147. The topological polar surface area (TPSA) is 160 Å². The number of hydrogen-bond donors (Lipinski definition) is 3. The minimum atomic E-state index is -1.18. The molecule has 1 aliphatic carbocycles. The van der Waals surface area contributed by atoms with Crippen molar-refractivity contribution in [3.63, 3.8) is 0 Å². The number of rotatable bonds is 14. The molecule has 2 aromatic heterocycles. The van der Waals surface area contributed by atoms with Gasteiger partial charge >= 0.3 is 0 Å². The van der Waals surface area contributed by atoms with Crippen molar-refractivity contribution in [2.24, 2.45) is 0 Å². The Morgan fingerprint density at radius 2 is 1.90 bits per heavy atom. The molecule has 1 saturated carbocycles. The summed E-state index contributed by atoms with van der Waals surface area (Å²) < 4.78 is 22.8. The first-order valence-corrected chi connectivity index (χ1v) is 20.4. The Balaban J connectivity index is 0.000000300. The predicted molar refractivity (Wildman–Crippen MR) is 211 cm³/mol. The molecule has 12 nitrogen and oxygen atoms in total. The predicted octanol–water partition coefficient (Wildman–Crippen LogP) is 6.16. The number of benzene rings is 1. The van der Waals surface area contributed by atoms with Crippen LogP contribution >= 0.6 is 11.3 Å². The number of H-pyrrole nitrogens is 1. The van der Waals surface area contributed by atoms with Gasteiger partial charge < -0.3 is 24.7 Å². The van der Waals surface area contributed by atoms with Crippen LogP contribution in [0.5, 0.6) is 5.75 Å². The van der Waals surface area contributed by atoms with E-state index in [0.717, 1.165) is 78.2 Å². The summed E-state index contributed by atoms with van der Waals surface area (Å²) in [4.78, 5) is 56.1. The monoisotopic (exact) mass is 759 g/mol. The van der Waals surface area contributed by atoms with E-state index in [1.54, 1.807) is 42.4 Å². The first-order chi connectivity index (χ1) is 24.9. The van der Waals surface area contributed by atoms with E-state index in [1.807, 2.05) is 43.0 Å². The van der Waals surface area contributed by atoms with Crippen molar-refractivity contribution in [2.75, 3.05) is 26.5 Å². The summed E-state index contributed by atoms with van der Waals surface area (Å²) in [7, 11) is 0.447. The number of aromatic amines is 1. The van der Waals surface area contributed by atoms with Gasteiger partial charge in [-0.1, -0.05) is 33.8 Å². The summed E-state index contributed by atoms with van der Waals surface area (Å²) >= 11 is 1.55. The van der Waals surface area contributed by atoms with E-state index >= 15 is 0 Å². The van der Waals surface area contributed by atoms with Gasteiger partial charge in [0.25, 0.3) is 5.91 Å². The Labute approximate surface area is 314 Å². The molecule has 1 aromatic carbocycles. The maximum absolute atomic E-state index is 12.5. The summed E-state index contributed by atoms with van der Waals surface area (Å²) in [6.45, 7) is 16.9. The molecule has 2 aliphatic rings. The number of methoxy groups -OCH3 is 1. The number of ether oxygens (including phenoxy) is 2. The van der Waals surface area contributed by atoms with Crippen molar-refractivity contribution in [1.82, 2.24) is 24.9 Å². The number of nitrogens with zero attached hydrogens (tertiary/aromatic N) is 2. The maximum Gasteiger partial charge on any atom is 0.252 e. The SMILES string of the molecule is C=CCCCCO[C@H](C)C(=O)N1CCCC1C(=O)NC1CC1.CC.COc1ccc2c(=O)cc(-c3nc(C(C)C)cs3)[nH]c2c1C.CS(=O)NC=O. The Bertz CT molecular complexity index is 1690. The van der Waals surface area contributed by atoms with Crippen molar-refractivity contribution >= 4 is 51.4 Å². The lowest BCUT2D eigenvalue weighted by Gasteiger charge is -2.26. The van der Waals surface area contributed by atoms with E-state index in [1.165, 1.54) is 6.26 Å². The third kappa shape index (κ3) is 13.6. The first-order valence-electron chi connectivity index (χ1n) is 17.9. The molecule has 288 valence electrons. The third-order valence-electron chi connectivity index (χ3n) is 8.27. The largest absolute Gasteiger partial charge is 0.496 e. The molecular weight excluding hydrogens is 703 g/mol. The number of unbranched alkanes of at least 4 members (excludes halogenated alkanes) is 2. The van der Waals surface area contributed by atoms with Gasteiger partial charge in [-0.05, 0) is 76.8 Å². The summed E-state index contributed by atoms with van der Waals surface area (Å²) in [5.41, 5.74) is 3.53. The number of carbonyl (C=O) groups excluding carboxylic acids is 3. The molecule has 3 heterocycles. The van der Waals surface area contributed by atoms with Gasteiger partial charge in [0.2, 0.25) is 12.3 Å². The second kappa shape index (κ2) is 22.9. The van der Waals surface area contributed by atoms with Crippen molar-refractivity contribution < 1.29 is 28.1 Å². The average Bonchev–Trinajstić information content (AvgIpc) is 3.56. The van der Waals surface area contributed by atoms with Gasteiger partial charge in [-0.25, -0.2) is 9.19 Å². The molecule has 0 spiro atoms. The highest BCUT2D eigenvalue weighted by Gasteiger charge is 2.38. The number of nitrogens with one attached hydrogen (secondary N) is 3. The van der Waals surface area contributed by atoms with E-state index in [4.69, 9.17) is 9.47 Å². The second-order valence-corrected chi connectivity index (χ2v) is 14.6. The number of likely N-dealkylation sites (tertiary alicyclic amines) is 1. The number of hydrogen-bond acceptors (Lipinski definition) is 9. The highest BCUT2D eigenvalue weighted by molar-refractivity contribution is 7.82. The molecular formula is C38H57N5O7S2. The zero-order valence-corrected chi connectivity index (χ0v) is 33.5. The summed E-state index contributed by atoms with van der Waals surface area (Å²) in [6, 6.07) is 5.28. The van der Waals surface area contributed by atoms with Crippen molar-refractivity contribution in [3.05, 3.63) is 57.7 Å². The number of aryl methyl sites for hydroxylation is 1. The fourth-order valence-corrected chi connectivity index (χ4v) is 6.39. The summed E-state index contributed by atoms with van der Waals surface area (Å²) in [5, 5.41) is 6.55. The van der Waals surface area contributed by atoms with Gasteiger partial charge in [-0.3, -0.25) is 23.9 Å². The number of fused-ring (bicyclic) bond motifs is 1. The number of carbonyl (C=O) groups is 3. The molecule has 3 aromatic rings. The molecule has 52 heavy (non-hydrogen) atoms. The van der Waals surface area contributed by atoms with Gasteiger partial charge in [0.1, 0.15) is 33.9 Å². The first kappa shape index (κ1) is 44.3. The van der Waals surface area contributed by atoms with Gasteiger partial charge in [-0.2, -0.15) is 0 Å². The van der Waals surface area contributed by atoms with E-state index in [2.05, 4.69) is 35.7 Å². The molecule has 3 amide bonds. The molecule has 3 atom stereocenters. The van der Waals surface area contributed by atoms with Crippen LogP contribution in [0.25, 0.3) is 21.6 Å². The van der Waals surface area contributed by atoms with E-state index in [0.29, 0.717) is 36.9 Å². The van der Waals surface area contributed by atoms with E-state index in [9.17, 15) is 23.4 Å². The fourth-order valence-electron chi connectivity index (χ4n) is 5.30. The molecule has 2 fully saturated rings. The summed E-state index contributed by atoms with van der Waals surface area (Å²) in [5.74, 6) is 1.09. The van der Waals surface area contributed by atoms with Crippen molar-refractivity contribution in [1.29, 1.82) is 0 Å². The lowest BCUT2D eigenvalue weighted by Crippen LogP contribution is -2.49. The Hall–Kier alpha value is -3.88. The molecule has 0 bridgehead atoms. The van der Waals surface area contributed by atoms with Crippen LogP contribution < -0.4 is 20.2 Å². The number of thiazole rings is 1. The van der Waals surface area contributed by atoms with Crippen molar-refractivity contribution in [2.45, 2.75) is 111 Å². The average molecular weight is 760 g/mol. The number of amides is 3. The highest BCUT2D eigenvalue weighted by atomic mass is 32.2. The standard InChI is InChI=1S/C17H28N2O3.C17H18N2O2S.C2H5NO2S.C2H6/c1-3-4-5-6-12-22-13(2)17(21)19-11-7-8-15(19)16(20)18-14-9-10-14;1-9(2)13-8-22-17(19-13)12-7-14(20)11-5-6-15(21-4)10(3)16(11)18-12;1-6(5)3-2-4;1-2/h3,13-15H,1,4-12H2,2H3,(H,18,20);5-9H,1-4H3,(H,18,20);2H,1H3,(H,3,4);1-2H3/t13-,15?;;;/m1.../s1. The van der Waals surface area contributed by atoms with E-state index in [-0.39, 0.29) is 23.3 Å². The Kier molecular flexibility index (Phi) is 19.5. The number of aromatic nitrogens is 2. The van der Waals surface area contributed by atoms with Gasteiger partial charge in [0, 0.05) is 47.8 Å². The fraction of sp³-hybridized carbons (Fsp3) is 0.553. The quantitative estimate of drug-likeness (QED) is 0.100. The Morgan fingerprint density at radius 3 is 2.46 bits per heavy atom. The molecule has 0 radical (unpaired) electrons. The highest BCUT2D eigenvalue weighted by Crippen LogP contribution is 2.29. The summed E-state index contributed by atoms with van der Waals surface area (Å²) in [6.07, 6.45) is 9.91. The molecule has 1 aliphatic heterocycles. The molecule has 3 N–H and O–H groups in total. The zero-order valence-electron chi connectivity index (χ0n) is 31.9. The van der Waals surface area contributed by atoms with Crippen LogP contribution in [-0.2, 0) is 30.1 Å². The van der Waals surface area contributed by atoms with Crippen LogP contribution in [0.4, 0.5) is 0 Å². The van der Waals surface area contributed by atoms with Crippen LogP contribution in [-0.4, -0.2) is 82.0 Å². The van der Waals surface area contributed by atoms with Gasteiger partial charge in [0.05, 0.1) is 24.0 Å². The smallest absolute Gasteiger partial charge is 0.252 e. The normalized spacial score (nSPS) is 15.9. The molecule has 14 heteroatoms. The Morgan fingerprint density at radius 1 is 1.19 bits per heavy atom. The third-order valence-corrected chi connectivity index (χ3v) is 9.60. The van der Waals surface area contributed by atoms with Crippen molar-refractivity contribution in [3.8, 4) is 16.5 Å². The van der Waals surface area contributed by atoms with Crippen LogP contribution in [0, 0.1) is 6.92 Å². The zero-order chi connectivity index (χ0) is 38.8. The van der Waals surface area contributed by atoms with Gasteiger partial charge in [0.15, 0.2) is 5.43 Å². The second-order valence-electron chi connectivity index (χ2n) is 12.6. The minimum Gasteiger partial charge on any atom is -0.496 e.